The molecule has 0 spiro atoms. The Balaban J connectivity index is 5.09. The van der Waals surface area contributed by atoms with Crippen LogP contribution in [0.3, 0.4) is 0 Å². The summed E-state index contributed by atoms with van der Waals surface area (Å²) in [5.74, 6) is 0. The normalized spacial score (nSPS) is 14.6. The number of rotatable bonds is 52. The number of nitrogens with zero attached hydrogens (tertiary/aromatic N) is 3. The smallest absolute Gasteiger partial charge is 0.0667 e. The van der Waals surface area contributed by atoms with Gasteiger partial charge in [0.15, 0.2) is 0 Å². The van der Waals surface area contributed by atoms with Crippen LogP contribution in [0, 0.1) is 0 Å². The molecule has 9 heteroatoms. The topological polar surface area (TPSA) is 123 Å². The summed E-state index contributed by atoms with van der Waals surface area (Å²) in [6.45, 7) is 18.0. The van der Waals surface area contributed by atoms with Crippen LogP contribution in [0.5, 0.6) is 0 Å². The zero-order valence-corrected chi connectivity index (χ0v) is 43.1. The van der Waals surface area contributed by atoms with E-state index >= 15 is 0 Å². The van der Waals surface area contributed by atoms with Crippen molar-refractivity contribution >= 4 is 0 Å². The Kier molecular flexibility index (Phi) is 47.8. The minimum absolute atomic E-state index is 0.329. The lowest BCUT2D eigenvalue weighted by Gasteiger charge is -2.32. The van der Waals surface area contributed by atoms with Crippen molar-refractivity contribution in [3.05, 3.63) is 0 Å². The molecular formula is C54H114N4O5. The van der Waals surface area contributed by atoms with Crippen LogP contribution in [0.25, 0.3) is 0 Å². The molecule has 0 amide bonds. The average molecular weight is 900 g/mol. The third-order valence-corrected chi connectivity index (χ3v) is 13.1. The van der Waals surface area contributed by atoms with Gasteiger partial charge in [-0.3, -0.25) is 14.7 Å². The van der Waals surface area contributed by atoms with E-state index in [0.29, 0.717) is 32.7 Å². The van der Waals surface area contributed by atoms with Crippen molar-refractivity contribution in [3.8, 4) is 0 Å². The number of aliphatic hydroxyl groups excluding tert-OH is 5. The molecule has 0 aliphatic carbocycles. The van der Waals surface area contributed by atoms with E-state index < -0.39 is 24.4 Å². The molecule has 0 radical (unpaired) electrons. The summed E-state index contributed by atoms with van der Waals surface area (Å²) in [6.07, 6.45) is 39.1. The van der Waals surface area contributed by atoms with Crippen LogP contribution in [0.1, 0.15) is 247 Å². The number of nitrogens with one attached hydrogen (secondary N) is 1. The SMILES string of the molecule is CCCCCCCCCCCCC(O)CNCCN(CCN(CC(C)O)CC(O)CCCCCCCCCCCC)CCN(CC(C)O)CC(O)CCCCCCCCCCCC. The van der Waals surface area contributed by atoms with Crippen LogP contribution in [-0.4, -0.2) is 143 Å². The third-order valence-electron chi connectivity index (χ3n) is 13.1. The predicted molar refractivity (Wildman–Crippen MR) is 273 cm³/mol. The lowest BCUT2D eigenvalue weighted by molar-refractivity contribution is 0.0553. The van der Waals surface area contributed by atoms with Crippen molar-refractivity contribution in [1.82, 2.24) is 20.0 Å². The van der Waals surface area contributed by atoms with Gasteiger partial charge in [0.2, 0.25) is 0 Å². The largest absolute Gasteiger partial charge is 0.392 e. The standard InChI is InChI=1S/C54H114N4O5/c1-6-9-12-15-18-21-24-27-30-33-36-52(61)45-55-39-40-56(41-43-57(46-50(4)59)48-53(62)37-34-31-28-25-22-19-16-13-10-7-2)42-44-58(47-51(5)60)49-54(63)38-35-32-29-26-23-20-17-14-11-8-3/h50-55,59-63H,6-49H2,1-5H3. The molecule has 0 aromatic heterocycles. The maximum absolute atomic E-state index is 11.1. The molecule has 5 atom stereocenters. The fraction of sp³-hybridized carbons (Fsp3) is 1.00. The minimum atomic E-state index is -0.472. The van der Waals surface area contributed by atoms with E-state index in [1.807, 2.05) is 13.8 Å². The molecule has 380 valence electrons. The van der Waals surface area contributed by atoms with E-state index in [9.17, 15) is 25.5 Å². The second-order valence-corrected chi connectivity index (χ2v) is 20.1. The summed E-state index contributed by atoms with van der Waals surface area (Å²) in [6, 6.07) is 0. The second kappa shape index (κ2) is 48.1. The Bertz CT molecular complexity index is 835. The van der Waals surface area contributed by atoms with Crippen molar-refractivity contribution in [3.63, 3.8) is 0 Å². The molecule has 6 N–H and O–H groups in total. The second-order valence-electron chi connectivity index (χ2n) is 20.1. The summed E-state index contributed by atoms with van der Waals surface area (Å²) >= 11 is 0. The van der Waals surface area contributed by atoms with E-state index in [4.69, 9.17) is 0 Å². The van der Waals surface area contributed by atoms with Gasteiger partial charge in [0.25, 0.3) is 0 Å². The van der Waals surface area contributed by atoms with Gasteiger partial charge in [-0.15, -0.1) is 0 Å². The van der Waals surface area contributed by atoms with Gasteiger partial charge >= 0.3 is 0 Å². The van der Waals surface area contributed by atoms with E-state index in [1.165, 1.54) is 173 Å². The molecule has 63 heavy (non-hydrogen) atoms. The minimum Gasteiger partial charge on any atom is -0.392 e. The van der Waals surface area contributed by atoms with Crippen molar-refractivity contribution in [2.24, 2.45) is 0 Å². The maximum atomic E-state index is 11.1. The summed E-state index contributed by atoms with van der Waals surface area (Å²) in [5.41, 5.74) is 0. The first-order valence-electron chi connectivity index (χ1n) is 27.9. The first-order valence-corrected chi connectivity index (χ1v) is 27.9. The highest BCUT2D eigenvalue weighted by Gasteiger charge is 2.19. The Morgan fingerprint density at radius 1 is 0.317 bits per heavy atom. The van der Waals surface area contributed by atoms with Gasteiger partial charge in [0.05, 0.1) is 30.5 Å². The molecule has 5 unspecified atom stereocenters. The summed E-state index contributed by atoms with van der Waals surface area (Å²) in [5, 5.41) is 57.2. The van der Waals surface area contributed by atoms with Crippen molar-refractivity contribution in [1.29, 1.82) is 0 Å². The van der Waals surface area contributed by atoms with E-state index in [1.54, 1.807) is 0 Å². The zero-order chi connectivity index (χ0) is 46.4. The van der Waals surface area contributed by atoms with E-state index in [2.05, 4.69) is 40.8 Å². The zero-order valence-electron chi connectivity index (χ0n) is 43.1. The van der Waals surface area contributed by atoms with Gasteiger partial charge in [-0.1, -0.05) is 213 Å². The van der Waals surface area contributed by atoms with Crippen molar-refractivity contribution in [2.45, 2.75) is 277 Å². The monoisotopic (exact) mass is 899 g/mol. The highest BCUT2D eigenvalue weighted by Crippen LogP contribution is 2.16. The van der Waals surface area contributed by atoms with Gasteiger partial charge in [0.1, 0.15) is 0 Å². The van der Waals surface area contributed by atoms with Crippen molar-refractivity contribution in [2.75, 3.05) is 72.0 Å². The lowest BCUT2D eigenvalue weighted by Crippen LogP contribution is -2.47. The Labute approximate surface area is 393 Å². The van der Waals surface area contributed by atoms with Crippen LogP contribution in [0.2, 0.25) is 0 Å². The van der Waals surface area contributed by atoms with Crippen LogP contribution < -0.4 is 5.32 Å². The molecular weight excluding hydrogens is 785 g/mol. The van der Waals surface area contributed by atoms with E-state index in [-0.39, 0.29) is 6.10 Å². The lowest BCUT2D eigenvalue weighted by atomic mass is 10.0. The molecule has 0 saturated heterocycles. The number of hydrogen-bond acceptors (Lipinski definition) is 9. The first kappa shape index (κ1) is 62.6. The molecule has 9 nitrogen and oxygen atoms in total. The Morgan fingerprint density at radius 3 is 0.889 bits per heavy atom. The van der Waals surface area contributed by atoms with Crippen molar-refractivity contribution < 1.29 is 25.5 Å². The van der Waals surface area contributed by atoms with Gasteiger partial charge in [-0.05, 0) is 33.1 Å². The fourth-order valence-corrected chi connectivity index (χ4v) is 9.15. The van der Waals surface area contributed by atoms with Crippen LogP contribution in [0.4, 0.5) is 0 Å². The third kappa shape index (κ3) is 46.5. The Morgan fingerprint density at radius 2 is 0.587 bits per heavy atom. The molecule has 0 rings (SSSR count). The van der Waals surface area contributed by atoms with Crippen LogP contribution in [0.15, 0.2) is 0 Å². The predicted octanol–water partition coefficient (Wildman–Crippen LogP) is 11.3. The van der Waals surface area contributed by atoms with E-state index in [0.717, 1.165) is 77.8 Å². The average Bonchev–Trinajstić information content (AvgIpc) is 3.24. The molecule has 0 aromatic carbocycles. The molecule has 0 fully saturated rings. The molecule has 0 heterocycles. The fourth-order valence-electron chi connectivity index (χ4n) is 9.15. The summed E-state index contributed by atoms with van der Waals surface area (Å²) in [7, 11) is 0. The highest BCUT2D eigenvalue weighted by atomic mass is 16.3. The highest BCUT2D eigenvalue weighted by molar-refractivity contribution is 4.74. The summed E-state index contributed by atoms with van der Waals surface area (Å²) in [4.78, 5) is 6.90. The Hall–Kier alpha value is -0.360. The molecule has 0 aliphatic heterocycles. The number of aliphatic hydroxyl groups is 5. The quantitative estimate of drug-likeness (QED) is 0.0331. The first-order chi connectivity index (χ1) is 30.6. The maximum Gasteiger partial charge on any atom is 0.0667 e. The van der Waals surface area contributed by atoms with Gasteiger partial charge < -0.3 is 30.8 Å². The summed E-state index contributed by atoms with van der Waals surface area (Å²) < 4.78 is 0. The number of hydrogen-bond donors (Lipinski definition) is 6. The van der Waals surface area contributed by atoms with Gasteiger partial charge in [-0.2, -0.15) is 0 Å². The molecule has 0 saturated carbocycles. The number of unbranched alkanes of at least 4 members (excludes halogenated alkanes) is 27. The molecule has 0 aromatic rings. The van der Waals surface area contributed by atoms with Crippen LogP contribution in [-0.2, 0) is 0 Å². The molecule has 0 bridgehead atoms. The molecule has 0 aliphatic rings. The van der Waals surface area contributed by atoms with Crippen LogP contribution >= 0.6 is 0 Å². The van der Waals surface area contributed by atoms with Gasteiger partial charge in [-0.25, -0.2) is 0 Å². The van der Waals surface area contributed by atoms with Gasteiger partial charge in [0, 0.05) is 72.0 Å².